The van der Waals surface area contributed by atoms with Crippen molar-refractivity contribution in [2.75, 3.05) is 13.1 Å². The molecule has 0 spiro atoms. The second kappa shape index (κ2) is 6.06. The number of hydrogen-bond acceptors (Lipinski definition) is 2. The molecule has 2 heteroatoms. The summed E-state index contributed by atoms with van der Waals surface area (Å²) in [6.07, 6.45) is 2.42. The maximum absolute atomic E-state index is 3.77. The van der Waals surface area contributed by atoms with Crippen LogP contribution >= 0.6 is 0 Å². The van der Waals surface area contributed by atoms with Gasteiger partial charge in [0.15, 0.2) is 0 Å². The largest absolute Gasteiger partial charge is 0.308 e. The molecule has 1 atom stereocenters. The highest BCUT2D eigenvalue weighted by Crippen LogP contribution is 2.24. The maximum atomic E-state index is 3.77. The lowest BCUT2D eigenvalue weighted by molar-refractivity contribution is 0.0744. The molecule has 0 aliphatic carbocycles. The fraction of sp³-hybridized carbons (Fsp3) is 0.647. The van der Waals surface area contributed by atoms with Crippen LogP contribution in [0.4, 0.5) is 0 Å². The summed E-state index contributed by atoms with van der Waals surface area (Å²) in [4.78, 5) is 2.64. The average molecular weight is 260 g/mol. The highest BCUT2D eigenvalue weighted by atomic mass is 15.2. The van der Waals surface area contributed by atoms with E-state index in [4.69, 9.17) is 0 Å². The fourth-order valence-corrected chi connectivity index (χ4v) is 3.04. The van der Waals surface area contributed by atoms with Gasteiger partial charge >= 0.3 is 0 Å². The van der Waals surface area contributed by atoms with Crippen molar-refractivity contribution in [1.82, 2.24) is 10.2 Å². The molecule has 0 bridgehead atoms. The third kappa shape index (κ3) is 3.18. The van der Waals surface area contributed by atoms with E-state index in [0.717, 1.165) is 19.6 Å². The molecule has 1 aliphatic rings. The molecule has 2 nitrogen and oxygen atoms in total. The summed E-state index contributed by atoms with van der Waals surface area (Å²) in [6, 6.07) is 9.38. The number of rotatable bonds is 4. The lowest BCUT2D eigenvalue weighted by Crippen LogP contribution is -2.62. The smallest absolute Gasteiger partial charge is 0.0304 e. The van der Waals surface area contributed by atoms with E-state index in [1.165, 1.54) is 24.0 Å². The molecule has 0 aromatic heterocycles. The Morgan fingerprint density at radius 3 is 2.58 bits per heavy atom. The van der Waals surface area contributed by atoms with Crippen LogP contribution in [0.5, 0.6) is 0 Å². The first kappa shape index (κ1) is 14.5. The Morgan fingerprint density at radius 2 is 1.95 bits per heavy atom. The minimum Gasteiger partial charge on any atom is -0.308 e. The number of nitrogens with zero attached hydrogens (tertiary/aromatic N) is 1. The van der Waals surface area contributed by atoms with Gasteiger partial charge in [-0.15, -0.1) is 0 Å². The van der Waals surface area contributed by atoms with Crippen molar-refractivity contribution >= 4 is 0 Å². The van der Waals surface area contributed by atoms with Crippen LogP contribution in [0, 0.1) is 6.92 Å². The summed E-state index contributed by atoms with van der Waals surface area (Å²) < 4.78 is 0. The molecule has 0 amide bonds. The van der Waals surface area contributed by atoms with Gasteiger partial charge in [-0.3, -0.25) is 4.90 Å². The van der Waals surface area contributed by atoms with Gasteiger partial charge in [0.05, 0.1) is 0 Å². The molecule has 1 saturated heterocycles. The molecule has 1 aromatic rings. The average Bonchev–Trinajstić information content (AvgIpc) is 2.44. The molecular formula is C17H28N2. The molecule has 0 radical (unpaired) electrons. The quantitative estimate of drug-likeness (QED) is 0.893. The molecule has 1 aliphatic heterocycles. The van der Waals surface area contributed by atoms with E-state index in [2.05, 4.69) is 62.2 Å². The number of piperazine rings is 1. The molecular weight excluding hydrogens is 232 g/mol. The number of aryl methyl sites for hydroxylation is 1. The highest BCUT2D eigenvalue weighted by Gasteiger charge is 2.34. The number of nitrogens with one attached hydrogen (secondary N) is 1. The molecule has 1 aromatic carbocycles. The first-order valence-corrected chi connectivity index (χ1v) is 7.64. The predicted octanol–water partition coefficient (Wildman–Crippen LogP) is 3.35. The van der Waals surface area contributed by atoms with Gasteiger partial charge in [0.25, 0.3) is 0 Å². The Hall–Kier alpha value is -0.860. The maximum Gasteiger partial charge on any atom is 0.0304 e. The number of benzene rings is 1. The van der Waals surface area contributed by atoms with Gasteiger partial charge in [0, 0.05) is 31.2 Å². The highest BCUT2D eigenvalue weighted by molar-refractivity contribution is 5.25. The van der Waals surface area contributed by atoms with E-state index in [1.807, 2.05) is 0 Å². The van der Waals surface area contributed by atoms with Crippen LogP contribution in [-0.4, -0.2) is 29.6 Å². The lowest BCUT2D eigenvalue weighted by atomic mass is 9.88. The first-order chi connectivity index (χ1) is 9.10. The van der Waals surface area contributed by atoms with Gasteiger partial charge in [-0.25, -0.2) is 0 Å². The van der Waals surface area contributed by atoms with Crippen molar-refractivity contribution in [2.45, 2.75) is 58.7 Å². The van der Waals surface area contributed by atoms with Crippen LogP contribution in [0.2, 0.25) is 0 Å². The summed E-state index contributed by atoms with van der Waals surface area (Å²) in [5.41, 5.74) is 3.19. The zero-order valence-corrected chi connectivity index (χ0v) is 12.9. The van der Waals surface area contributed by atoms with Crippen LogP contribution in [0.25, 0.3) is 0 Å². The van der Waals surface area contributed by atoms with Crippen molar-refractivity contribution in [2.24, 2.45) is 0 Å². The van der Waals surface area contributed by atoms with E-state index < -0.39 is 0 Å². The molecule has 0 saturated carbocycles. The summed E-state index contributed by atoms with van der Waals surface area (Å²) in [5.74, 6) is 0. The molecule has 1 unspecified atom stereocenters. The van der Waals surface area contributed by atoms with Crippen molar-refractivity contribution in [3.8, 4) is 0 Å². The topological polar surface area (TPSA) is 15.3 Å². The van der Waals surface area contributed by atoms with E-state index in [0.29, 0.717) is 11.6 Å². The summed E-state index contributed by atoms with van der Waals surface area (Å²) >= 11 is 0. The molecule has 1 fully saturated rings. The summed E-state index contributed by atoms with van der Waals surface area (Å²) in [5, 5.41) is 3.77. The Bertz CT molecular complexity index is 409. The van der Waals surface area contributed by atoms with E-state index in [9.17, 15) is 0 Å². The van der Waals surface area contributed by atoms with Crippen LogP contribution in [0.1, 0.15) is 44.7 Å². The third-order valence-corrected chi connectivity index (χ3v) is 4.89. The second-order valence-electron chi connectivity index (χ2n) is 6.05. The van der Waals surface area contributed by atoms with Crippen molar-refractivity contribution in [3.63, 3.8) is 0 Å². The van der Waals surface area contributed by atoms with Crippen molar-refractivity contribution in [3.05, 3.63) is 35.4 Å². The molecule has 1 N–H and O–H groups in total. The second-order valence-corrected chi connectivity index (χ2v) is 6.05. The van der Waals surface area contributed by atoms with Crippen LogP contribution in [-0.2, 0) is 6.54 Å². The van der Waals surface area contributed by atoms with Gasteiger partial charge in [-0.2, -0.15) is 0 Å². The first-order valence-electron chi connectivity index (χ1n) is 7.64. The zero-order chi connectivity index (χ0) is 13.9. The normalized spacial score (nSPS) is 23.5. The Kier molecular flexibility index (Phi) is 4.64. The SMILES string of the molecule is CCC1(CC)CN(Cc2ccccc2C)C(C)CN1. The van der Waals surface area contributed by atoms with Crippen LogP contribution < -0.4 is 5.32 Å². The Labute approximate surface area is 118 Å². The van der Waals surface area contributed by atoms with Gasteiger partial charge in [-0.05, 0) is 37.8 Å². The van der Waals surface area contributed by atoms with E-state index in [1.54, 1.807) is 0 Å². The lowest BCUT2D eigenvalue weighted by Gasteiger charge is -2.46. The Morgan fingerprint density at radius 1 is 1.26 bits per heavy atom. The molecule has 2 rings (SSSR count). The summed E-state index contributed by atoms with van der Waals surface area (Å²) in [7, 11) is 0. The van der Waals surface area contributed by atoms with Gasteiger partial charge in [0.1, 0.15) is 0 Å². The Balaban J connectivity index is 2.12. The van der Waals surface area contributed by atoms with E-state index in [-0.39, 0.29) is 0 Å². The molecule has 19 heavy (non-hydrogen) atoms. The predicted molar refractivity (Wildman–Crippen MR) is 82.4 cm³/mol. The monoisotopic (exact) mass is 260 g/mol. The van der Waals surface area contributed by atoms with E-state index >= 15 is 0 Å². The zero-order valence-electron chi connectivity index (χ0n) is 12.9. The van der Waals surface area contributed by atoms with Crippen molar-refractivity contribution in [1.29, 1.82) is 0 Å². The minimum atomic E-state index is 0.315. The minimum absolute atomic E-state index is 0.315. The molecule has 1 heterocycles. The molecule has 106 valence electrons. The fourth-order valence-electron chi connectivity index (χ4n) is 3.04. The van der Waals surface area contributed by atoms with Gasteiger partial charge in [-0.1, -0.05) is 38.1 Å². The number of hydrogen-bond donors (Lipinski definition) is 1. The summed E-state index contributed by atoms with van der Waals surface area (Å²) in [6.45, 7) is 12.5. The van der Waals surface area contributed by atoms with Crippen LogP contribution in [0.15, 0.2) is 24.3 Å². The third-order valence-electron chi connectivity index (χ3n) is 4.89. The van der Waals surface area contributed by atoms with Crippen LogP contribution in [0.3, 0.4) is 0 Å². The van der Waals surface area contributed by atoms with Gasteiger partial charge < -0.3 is 5.32 Å². The van der Waals surface area contributed by atoms with Crippen molar-refractivity contribution < 1.29 is 0 Å². The standard InChI is InChI=1S/C17H28N2/c1-5-17(6-2)13-19(15(4)11-18-17)12-16-10-8-7-9-14(16)3/h7-10,15,18H,5-6,11-13H2,1-4H3. The van der Waals surface area contributed by atoms with Gasteiger partial charge in [0.2, 0.25) is 0 Å².